The lowest BCUT2D eigenvalue weighted by Crippen LogP contribution is -2.01. The van der Waals surface area contributed by atoms with Crippen LogP contribution in [0.4, 0.5) is 0 Å². The molecule has 18 heavy (non-hydrogen) atoms. The third kappa shape index (κ3) is 2.99. The molecular formula is C17H20O. The number of fused-ring (bicyclic) bond motifs is 1. The van der Waals surface area contributed by atoms with E-state index < -0.39 is 0 Å². The molecule has 0 aromatic heterocycles. The highest BCUT2D eigenvalue weighted by molar-refractivity contribution is 5.83. The van der Waals surface area contributed by atoms with Crippen LogP contribution < -0.4 is 0 Å². The van der Waals surface area contributed by atoms with E-state index in [0.29, 0.717) is 0 Å². The lowest BCUT2D eigenvalue weighted by atomic mass is 10.00. The number of unbranched alkanes of at least 4 members (excludes halogenated alkanes) is 1. The fraction of sp³-hybridized carbons (Fsp3) is 0.294. The Morgan fingerprint density at radius 3 is 2.67 bits per heavy atom. The highest BCUT2D eigenvalue weighted by Gasteiger charge is 2.10. The molecule has 0 aliphatic heterocycles. The zero-order valence-corrected chi connectivity index (χ0v) is 10.9. The van der Waals surface area contributed by atoms with Crippen LogP contribution in [0, 0.1) is 0 Å². The first-order chi connectivity index (χ1) is 8.85. The van der Waals surface area contributed by atoms with Crippen LogP contribution in [0.1, 0.15) is 30.9 Å². The molecular weight excluding hydrogens is 220 g/mol. The summed E-state index contributed by atoms with van der Waals surface area (Å²) < 4.78 is 5.60. The maximum absolute atomic E-state index is 5.60. The lowest BCUT2D eigenvalue weighted by Gasteiger charge is -2.16. The molecule has 0 bridgehead atoms. The van der Waals surface area contributed by atoms with Gasteiger partial charge in [0.1, 0.15) is 0 Å². The number of hydrogen-bond donors (Lipinski definition) is 0. The second kappa shape index (κ2) is 6.36. The van der Waals surface area contributed by atoms with Gasteiger partial charge >= 0.3 is 0 Å². The Morgan fingerprint density at radius 1 is 1.17 bits per heavy atom. The predicted octanol–water partition coefficient (Wildman–Crippen LogP) is 4.88. The summed E-state index contributed by atoms with van der Waals surface area (Å²) in [6.07, 6.45) is 5.37. The molecule has 1 atom stereocenters. The molecule has 0 N–H and O–H groups in total. The molecule has 0 spiro atoms. The van der Waals surface area contributed by atoms with Gasteiger partial charge in [-0.2, -0.15) is 0 Å². The predicted molar refractivity (Wildman–Crippen MR) is 77.7 cm³/mol. The van der Waals surface area contributed by atoms with Gasteiger partial charge in [-0.1, -0.05) is 42.5 Å². The zero-order valence-electron chi connectivity index (χ0n) is 10.9. The van der Waals surface area contributed by atoms with Crippen molar-refractivity contribution in [2.45, 2.75) is 25.4 Å². The summed E-state index contributed by atoms with van der Waals surface area (Å²) in [7, 11) is 1.79. The molecule has 2 aromatic carbocycles. The number of allylic oxidation sites excluding steroid dienone is 1. The molecule has 2 aromatic rings. The smallest absolute Gasteiger partial charge is 0.0821 e. The summed E-state index contributed by atoms with van der Waals surface area (Å²) in [6.45, 7) is 3.76. The maximum atomic E-state index is 5.60. The molecule has 0 aliphatic carbocycles. The fourth-order valence-corrected chi connectivity index (χ4v) is 2.28. The average molecular weight is 240 g/mol. The molecule has 0 amide bonds. The van der Waals surface area contributed by atoms with Gasteiger partial charge in [-0.15, -0.1) is 6.58 Å². The first kappa shape index (κ1) is 12.8. The van der Waals surface area contributed by atoms with Crippen molar-refractivity contribution in [3.63, 3.8) is 0 Å². The number of methoxy groups -OCH3 is 1. The van der Waals surface area contributed by atoms with Gasteiger partial charge in [-0.05, 0) is 41.7 Å². The average Bonchev–Trinajstić information content (AvgIpc) is 2.43. The lowest BCUT2D eigenvalue weighted by molar-refractivity contribution is 0.0941. The number of hydrogen-bond acceptors (Lipinski definition) is 1. The van der Waals surface area contributed by atoms with Crippen LogP contribution in [0.25, 0.3) is 10.8 Å². The number of ether oxygens (including phenoxy) is 1. The molecule has 0 radical (unpaired) electrons. The van der Waals surface area contributed by atoms with Gasteiger partial charge in [0.2, 0.25) is 0 Å². The van der Waals surface area contributed by atoms with Crippen LogP contribution in [-0.2, 0) is 4.74 Å². The summed E-state index contributed by atoms with van der Waals surface area (Å²) in [4.78, 5) is 0. The van der Waals surface area contributed by atoms with Crippen LogP contribution in [0.15, 0.2) is 55.1 Å². The molecule has 0 unspecified atom stereocenters. The maximum Gasteiger partial charge on any atom is 0.0821 e. The van der Waals surface area contributed by atoms with E-state index in [0.717, 1.165) is 19.3 Å². The van der Waals surface area contributed by atoms with Crippen LogP contribution in [0.3, 0.4) is 0 Å². The van der Waals surface area contributed by atoms with Gasteiger partial charge in [-0.3, -0.25) is 0 Å². The van der Waals surface area contributed by atoms with Crippen LogP contribution in [0.2, 0.25) is 0 Å². The second-order valence-corrected chi connectivity index (χ2v) is 4.55. The quantitative estimate of drug-likeness (QED) is 0.516. The van der Waals surface area contributed by atoms with Crippen molar-refractivity contribution in [3.05, 3.63) is 60.7 Å². The summed E-state index contributed by atoms with van der Waals surface area (Å²) >= 11 is 0. The van der Waals surface area contributed by atoms with Crippen LogP contribution in [0.5, 0.6) is 0 Å². The van der Waals surface area contributed by atoms with E-state index in [4.69, 9.17) is 4.74 Å². The van der Waals surface area contributed by atoms with E-state index >= 15 is 0 Å². The molecule has 2 rings (SSSR count). The van der Waals surface area contributed by atoms with Gasteiger partial charge in [0.15, 0.2) is 0 Å². The standard InChI is InChI=1S/C17H20O/c1-3-4-5-10-17(18-2)16-12-11-14-8-6-7-9-15(14)13-16/h3,6-9,11-13,17H,1,4-5,10H2,2H3/t17-/m1/s1. The van der Waals surface area contributed by atoms with Crippen molar-refractivity contribution >= 4 is 10.8 Å². The highest BCUT2D eigenvalue weighted by atomic mass is 16.5. The fourth-order valence-electron chi connectivity index (χ4n) is 2.28. The van der Waals surface area contributed by atoms with E-state index in [1.54, 1.807) is 7.11 Å². The third-order valence-corrected chi connectivity index (χ3v) is 3.30. The van der Waals surface area contributed by atoms with Gasteiger partial charge < -0.3 is 4.74 Å². The third-order valence-electron chi connectivity index (χ3n) is 3.30. The monoisotopic (exact) mass is 240 g/mol. The Morgan fingerprint density at radius 2 is 1.94 bits per heavy atom. The molecule has 0 aliphatic rings. The Bertz CT molecular complexity index is 516. The van der Waals surface area contributed by atoms with Gasteiger partial charge in [0, 0.05) is 7.11 Å². The van der Waals surface area contributed by atoms with Gasteiger partial charge in [0.05, 0.1) is 6.10 Å². The summed E-state index contributed by atoms with van der Waals surface area (Å²) in [5.74, 6) is 0. The Labute approximate surface area is 109 Å². The van der Waals surface area contributed by atoms with Crippen molar-refractivity contribution in [1.29, 1.82) is 0 Å². The van der Waals surface area contributed by atoms with Crippen molar-refractivity contribution < 1.29 is 4.74 Å². The van der Waals surface area contributed by atoms with E-state index in [1.165, 1.54) is 16.3 Å². The number of benzene rings is 2. The molecule has 1 heteroatoms. The molecule has 0 saturated carbocycles. The highest BCUT2D eigenvalue weighted by Crippen LogP contribution is 2.26. The molecule has 0 heterocycles. The Hall–Kier alpha value is -1.60. The Balaban J connectivity index is 2.19. The van der Waals surface area contributed by atoms with E-state index in [2.05, 4.69) is 49.0 Å². The topological polar surface area (TPSA) is 9.23 Å². The van der Waals surface area contributed by atoms with Crippen molar-refractivity contribution in [2.24, 2.45) is 0 Å². The normalized spacial score (nSPS) is 12.5. The van der Waals surface area contributed by atoms with Gasteiger partial charge in [-0.25, -0.2) is 0 Å². The minimum atomic E-state index is 0.189. The molecule has 0 saturated heterocycles. The van der Waals surface area contributed by atoms with Crippen molar-refractivity contribution in [1.82, 2.24) is 0 Å². The van der Waals surface area contributed by atoms with Gasteiger partial charge in [0.25, 0.3) is 0 Å². The van der Waals surface area contributed by atoms with Crippen molar-refractivity contribution in [2.75, 3.05) is 7.11 Å². The second-order valence-electron chi connectivity index (χ2n) is 4.55. The summed E-state index contributed by atoms with van der Waals surface area (Å²) in [5.41, 5.74) is 1.26. The van der Waals surface area contributed by atoms with E-state index in [-0.39, 0.29) is 6.10 Å². The van der Waals surface area contributed by atoms with E-state index in [1.807, 2.05) is 6.08 Å². The van der Waals surface area contributed by atoms with Crippen molar-refractivity contribution in [3.8, 4) is 0 Å². The Kier molecular flexibility index (Phi) is 4.54. The zero-order chi connectivity index (χ0) is 12.8. The first-order valence-electron chi connectivity index (χ1n) is 6.47. The van der Waals surface area contributed by atoms with Crippen LogP contribution in [-0.4, -0.2) is 7.11 Å². The summed E-state index contributed by atoms with van der Waals surface area (Å²) in [6, 6.07) is 15.0. The first-order valence-corrected chi connectivity index (χ1v) is 6.47. The van der Waals surface area contributed by atoms with Crippen LogP contribution >= 0.6 is 0 Å². The molecule has 94 valence electrons. The minimum Gasteiger partial charge on any atom is -0.377 e. The summed E-state index contributed by atoms with van der Waals surface area (Å²) in [5, 5.41) is 2.56. The number of rotatable bonds is 6. The largest absolute Gasteiger partial charge is 0.377 e. The molecule has 0 fully saturated rings. The minimum absolute atomic E-state index is 0.189. The van der Waals surface area contributed by atoms with E-state index in [9.17, 15) is 0 Å². The SMILES string of the molecule is C=CCCC[C@@H](OC)c1ccc2ccccc2c1. The molecule has 1 nitrogen and oxygen atoms in total.